The fraction of sp³-hybridized carbons (Fsp3) is 0.435. The number of carbonyl (C=O) groups excluding carboxylic acids is 1. The first-order chi connectivity index (χ1) is 13.5. The van der Waals surface area contributed by atoms with Gasteiger partial charge in [-0.25, -0.2) is 4.79 Å². The Balaban J connectivity index is 1.46. The molecule has 0 aliphatic carbocycles. The average molecular weight is 382 g/mol. The molecule has 1 saturated heterocycles. The number of rotatable bonds is 6. The van der Waals surface area contributed by atoms with Gasteiger partial charge in [-0.15, -0.1) is 0 Å². The predicted octanol–water partition coefficient (Wildman–Crippen LogP) is 3.50. The lowest BCUT2D eigenvalue weighted by molar-refractivity contribution is 0.134. The van der Waals surface area contributed by atoms with Gasteiger partial charge in [-0.3, -0.25) is 4.90 Å². The minimum absolute atomic E-state index is 0.0287. The van der Waals surface area contributed by atoms with E-state index >= 15 is 0 Å². The summed E-state index contributed by atoms with van der Waals surface area (Å²) in [6.45, 7) is 9.18. The summed E-state index contributed by atoms with van der Waals surface area (Å²) in [4.78, 5) is 16.9. The van der Waals surface area contributed by atoms with Crippen molar-refractivity contribution in [2.75, 3.05) is 39.8 Å². The van der Waals surface area contributed by atoms with Crippen LogP contribution in [0.4, 0.5) is 4.79 Å². The minimum atomic E-state index is -0.142. The summed E-state index contributed by atoms with van der Waals surface area (Å²) in [6.07, 6.45) is 0. The third-order valence-corrected chi connectivity index (χ3v) is 5.46. The number of carbonyl (C=O) groups is 1. The van der Waals surface area contributed by atoms with Crippen molar-refractivity contribution in [2.45, 2.75) is 25.8 Å². The zero-order valence-electron chi connectivity index (χ0n) is 17.1. The molecule has 5 heteroatoms. The van der Waals surface area contributed by atoms with Crippen LogP contribution in [0.3, 0.4) is 0 Å². The highest BCUT2D eigenvalue weighted by Gasteiger charge is 2.25. The molecule has 0 saturated carbocycles. The third kappa shape index (κ3) is 5.26. The number of methoxy groups -OCH3 is 1. The first kappa shape index (κ1) is 20.2. The molecule has 28 heavy (non-hydrogen) atoms. The molecule has 0 atom stereocenters. The zero-order chi connectivity index (χ0) is 20.0. The van der Waals surface area contributed by atoms with Gasteiger partial charge < -0.3 is 15.0 Å². The van der Waals surface area contributed by atoms with Gasteiger partial charge in [-0.1, -0.05) is 56.3 Å². The maximum absolute atomic E-state index is 12.6. The van der Waals surface area contributed by atoms with E-state index < -0.39 is 0 Å². The van der Waals surface area contributed by atoms with E-state index in [-0.39, 0.29) is 11.4 Å². The van der Waals surface area contributed by atoms with Gasteiger partial charge in [0.05, 0.1) is 7.11 Å². The molecule has 1 heterocycles. The van der Waals surface area contributed by atoms with Crippen LogP contribution >= 0.6 is 0 Å². The van der Waals surface area contributed by atoms with Crippen LogP contribution in [0.2, 0.25) is 0 Å². The van der Waals surface area contributed by atoms with Crippen molar-refractivity contribution in [3.05, 3.63) is 65.7 Å². The first-order valence-electron chi connectivity index (χ1n) is 9.91. The maximum Gasteiger partial charge on any atom is 0.317 e. The van der Waals surface area contributed by atoms with E-state index in [0.29, 0.717) is 6.54 Å². The summed E-state index contributed by atoms with van der Waals surface area (Å²) < 4.78 is 5.23. The van der Waals surface area contributed by atoms with Crippen LogP contribution in [0.15, 0.2) is 54.6 Å². The van der Waals surface area contributed by atoms with Crippen molar-refractivity contribution in [1.82, 2.24) is 15.1 Å². The lowest BCUT2D eigenvalue weighted by atomic mass is 9.84. The summed E-state index contributed by atoms with van der Waals surface area (Å²) in [5, 5.41) is 3.12. The number of hydrogen-bond donors (Lipinski definition) is 1. The number of urea groups is 1. The molecule has 0 aromatic heterocycles. The van der Waals surface area contributed by atoms with Crippen molar-refractivity contribution >= 4 is 6.03 Å². The van der Waals surface area contributed by atoms with Crippen molar-refractivity contribution in [1.29, 1.82) is 0 Å². The number of hydrogen-bond acceptors (Lipinski definition) is 3. The van der Waals surface area contributed by atoms with E-state index in [4.69, 9.17) is 4.74 Å². The molecule has 0 radical (unpaired) electrons. The van der Waals surface area contributed by atoms with Gasteiger partial charge in [0, 0.05) is 44.7 Å². The lowest BCUT2D eigenvalue weighted by Gasteiger charge is -2.35. The second-order valence-electron chi connectivity index (χ2n) is 8.02. The molecule has 5 nitrogen and oxygen atoms in total. The van der Waals surface area contributed by atoms with E-state index in [9.17, 15) is 4.79 Å². The molecule has 1 N–H and O–H groups in total. The molecule has 1 aliphatic rings. The fourth-order valence-electron chi connectivity index (χ4n) is 3.50. The molecule has 1 fully saturated rings. The van der Waals surface area contributed by atoms with Gasteiger partial charge in [0.25, 0.3) is 0 Å². The van der Waals surface area contributed by atoms with Crippen molar-refractivity contribution < 1.29 is 9.53 Å². The Bertz CT molecular complexity index is 751. The van der Waals surface area contributed by atoms with Gasteiger partial charge in [0.1, 0.15) is 5.75 Å². The molecule has 0 unspecified atom stereocenters. The topological polar surface area (TPSA) is 44.8 Å². The van der Waals surface area contributed by atoms with E-state index in [2.05, 4.69) is 60.5 Å². The first-order valence-corrected chi connectivity index (χ1v) is 9.91. The normalized spacial score (nSPS) is 15.3. The van der Waals surface area contributed by atoms with Gasteiger partial charge in [0.2, 0.25) is 0 Å². The van der Waals surface area contributed by atoms with Crippen LogP contribution in [0.25, 0.3) is 0 Å². The Morgan fingerprint density at radius 1 is 1.00 bits per heavy atom. The Kier molecular flexibility index (Phi) is 6.57. The van der Waals surface area contributed by atoms with Crippen LogP contribution in [0, 0.1) is 0 Å². The Labute approximate surface area is 168 Å². The van der Waals surface area contributed by atoms with Crippen molar-refractivity contribution in [3.63, 3.8) is 0 Å². The Hall–Kier alpha value is -2.53. The second kappa shape index (κ2) is 9.11. The van der Waals surface area contributed by atoms with E-state index in [1.54, 1.807) is 7.11 Å². The monoisotopic (exact) mass is 381 g/mol. The smallest absolute Gasteiger partial charge is 0.317 e. The fourth-order valence-corrected chi connectivity index (χ4v) is 3.50. The third-order valence-electron chi connectivity index (χ3n) is 5.46. The molecular formula is C23H31N3O2. The molecule has 3 rings (SSSR count). The molecule has 0 bridgehead atoms. The standard InChI is InChI=1S/C23H31N3O2/c1-23(2,20-9-11-21(28-3)12-10-20)18-24-22(27)26-15-13-25(14-16-26)17-19-7-5-4-6-8-19/h4-12H,13-18H2,1-3H3,(H,24,27). The number of ether oxygens (including phenoxy) is 1. The van der Waals surface area contributed by atoms with Gasteiger partial charge in [0.15, 0.2) is 0 Å². The van der Waals surface area contributed by atoms with Crippen LogP contribution in [0.5, 0.6) is 5.75 Å². The lowest BCUT2D eigenvalue weighted by Crippen LogP contribution is -2.52. The molecular weight excluding hydrogens is 350 g/mol. The van der Waals surface area contributed by atoms with Crippen molar-refractivity contribution in [3.8, 4) is 5.75 Å². The molecule has 150 valence electrons. The summed E-state index contributed by atoms with van der Waals surface area (Å²) in [6, 6.07) is 18.6. The zero-order valence-corrected chi connectivity index (χ0v) is 17.1. The summed E-state index contributed by atoms with van der Waals surface area (Å²) in [7, 11) is 1.67. The van der Waals surface area contributed by atoms with Gasteiger partial charge in [-0.2, -0.15) is 0 Å². The summed E-state index contributed by atoms with van der Waals surface area (Å²) in [5.41, 5.74) is 2.36. The average Bonchev–Trinajstić information content (AvgIpc) is 2.73. The SMILES string of the molecule is COc1ccc(C(C)(C)CNC(=O)N2CCN(Cc3ccccc3)CC2)cc1. The summed E-state index contributed by atoms with van der Waals surface area (Å²) in [5.74, 6) is 0.844. The largest absolute Gasteiger partial charge is 0.497 e. The van der Waals surface area contributed by atoms with E-state index in [0.717, 1.165) is 38.5 Å². The van der Waals surface area contributed by atoms with Crippen LogP contribution in [-0.2, 0) is 12.0 Å². The molecule has 2 aromatic rings. The Morgan fingerprint density at radius 2 is 1.64 bits per heavy atom. The highest BCUT2D eigenvalue weighted by molar-refractivity contribution is 5.74. The number of piperazine rings is 1. The maximum atomic E-state index is 12.6. The number of nitrogens with one attached hydrogen (secondary N) is 1. The van der Waals surface area contributed by atoms with Gasteiger partial charge >= 0.3 is 6.03 Å². The van der Waals surface area contributed by atoms with E-state index in [1.807, 2.05) is 23.1 Å². The molecule has 2 aromatic carbocycles. The highest BCUT2D eigenvalue weighted by Crippen LogP contribution is 2.24. The van der Waals surface area contributed by atoms with Crippen molar-refractivity contribution in [2.24, 2.45) is 0 Å². The summed E-state index contributed by atoms with van der Waals surface area (Å²) >= 11 is 0. The van der Waals surface area contributed by atoms with Gasteiger partial charge in [-0.05, 0) is 23.3 Å². The molecule has 0 spiro atoms. The predicted molar refractivity (Wildman–Crippen MR) is 113 cm³/mol. The second-order valence-corrected chi connectivity index (χ2v) is 8.02. The van der Waals surface area contributed by atoms with Crippen LogP contribution in [0.1, 0.15) is 25.0 Å². The Morgan fingerprint density at radius 3 is 2.25 bits per heavy atom. The van der Waals surface area contributed by atoms with Crippen LogP contribution < -0.4 is 10.1 Å². The highest BCUT2D eigenvalue weighted by atomic mass is 16.5. The van der Waals surface area contributed by atoms with Crippen LogP contribution in [-0.4, -0.2) is 55.7 Å². The molecule has 2 amide bonds. The quantitative estimate of drug-likeness (QED) is 0.833. The number of nitrogens with zero attached hydrogens (tertiary/aromatic N) is 2. The minimum Gasteiger partial charge on any atom is -0.497 e. The number of benzene rings is 2. The molecule has 1 aliphatic heterocycles. The number of amides is 2. The van der Waals surface area contributed by atoms with E-state index in [1.165, 1.54) is 11.1 Å².